The van der Waals surface area contributed by atoms with Crippen LogP contribution < -0.4 is 10.5 Å². The molecular formula is C16H22N4O3S. The second-order valence-electron chi connectivity index (χ2n) is 6.43. The number of rotatable bonds is 3. The molecule has 2 heterocycles. The van der Waals surface area contributed by atoms with Crippen LogP contribution >= 0.6 is 0 Å². The van der Waals surface area contributed by atoms with E-state index in [0.717, 1.165) is 6.42 Å². The summed E-state index contributed by atoms with van der Waals surface area (Å²) in [7, 11) is -3.59. The van der Waals surface area contributed by atoms with Crippen molar-refractivity contribution in [2.24, 2.45) is 16.6 Å². The van der Waals surface area contributed by atoms with Crippen molar-refractivity contribution >= 4 is 21.8 Å². The minimum atomic E-state index is -3.59. The van der Waals surface area contributed by atoms with E-state index in [1.54, 1.807) is 30.0 Å². The summed E-state index contributed by atoms with van der Waals surface area (Å²) < 4.78 is 26.6. The lowest BCUT2D eigenvalue weighted by atomic mass is 10.1. The molecule has 0 saturated carbocycles. The first kappa shape index (κ1) is 16.9. The van der Waals surface area contributed by atoms with E-state index in [1.165, 1.54) is 6.07 Å². The van der Waals surface area contributed by atoms with Crippen LogP contribution in [0.2, 0.25) is 0 Å². The van der Waals surface area contributed by atoms with Gasteiger partial charge in [0.2, 0.25) is 5.91 Å². The fourth-order valence-corrected chi connectivity index (χ4v) is 4.58. The van der Waals surface area contributed by atoms with E-state index < -0.39 is 16.1 Å². The number of sulfonamides is 1. The maximum atomic E-state index is 12.7. The first-order chi connectivity index (χ1) is 11.3. The zero-order chi connectivity index (χ0) is 17.5. The van der Waals surface area contributed by atoms with Gasteiger partial charge in [-0.3, -0.25) is 14.5 Å². The van der Waals surface area contributed by atoms with Gasteiger partial charge in [-0.25, -0.2) is 8.42 Å². The second kappa shape index (κ2) is 6.18. The highest BCUT2D eigenvalue weighted by Gasteiger charge is 2.35. The zero-order valence-electron chi connectivity index (χ0n) is 13.8. The van der Waals surface area contributed by atoms with Crippen LogP contribution in [-0.4, -0.2) is 50.2 Å². The molecule has 0 aromatic heterocycles. The predicted octanol–water partition coefficient (Wildman–Crippen LogP) is 0.309. The molecule has 0 spiro atoms. The fraction of sp³-hybridized carbons (Fsp3) is 0.500. The van der Waals surface area contributed by atoms with Crippen molar-refractivity contribution < 1.29 is 13.2 Å². The zero-order valence-corrected chi connectivity index (χ0v) is 14.6. The Balaban J connectivity index is 1.83. The molecule has 2 aliphatic heterocycles. The standard InChI is InChI=1S/C16H22N4O3S/c1-10-7-12(8-17)9-20(10)16(21)11(2)18-15-13-5-3-4-6-14(13)24(22,23)19-15/h3-6,10-12H,7-9,17H2,1-2H3,(H,18,19). The Kier molecular flexibility index (Phi) is 4.35. The third-order valence-corrected chi connectivity index (χ3v) is 6.02. The Morgan fingerprint density at radius 1 is 1.46 bits per heavy atom. The molecule has 1 amide bonds. The average molecular weight is 350 g/mol. The third-order valence-electron chi connectivity index (χ3n) is 4.62. The number of likely N-dealkylation sites (tertiary alicyclic amines) is 1. The SMILES string of the molecule is CC(N=C1NS(=O)(=O)c2ccccc21)C(=O)N1CC(CN)CC1C. The summed E-state index contributed by atoms with van der Waals surface area (Å²) in [6.07, 6.45) is 0.890. The molecule has 3 rings (SSSR count). The van der Waals surface area contributed by atoms with Crippen molar-refractivity contribution in [3.8, 4) is 0 Å². The summed E-state index contributed by atoms with van der Waals surface area (Å²) in [6, 6.07) is 6.09. The van der Waals surface area contributed by atoms with Crippen molar-refractivity contribution in [3.05, 3.63) is 29.8 Å². The van der Waals surface area contributed by atoms with E-state index in [-0.39, 0.29) is 22.7 Å². The Hall–Kier alpha value is -1.93. The molecule has 0 radical (unpaired) electrons. The Bertz CT molecular complexity index is 790. The highest BCUT2D eigenvalue weighted by atomic mass is 32.2. The van der Waals surface area contributed by atoms with Gasteiger partial charge in [0, 0.05) is 18.2 Å². The number of nitrogens with zero attached hydrogens (tertiary/aromatic N) is 2. The van der Waals surface area contributed by atoms with Gasteiger partial charge >= 0.3 is 0 Å². The number of amidine groups is 1. The highest BCUT2D eigenvalue weighted by molar-refractivity contribution is 7.90. The Morgan fingerprint density at radius 3 is 2.83 bits per heavy atom. The van der Waals surface area contributed by atoms with E-state index >= 15 is 0 Å². The Labute approximate surface area is 142 Å². The normalized spacial score (nSPS) is 27.8. The summed E-state index contributed by atoms with van der Waals surface area (Å²) in [5.74, 6) is 0.442. The van der Waals surface area contributed by atoms with Crippen molar-refractivity contribution in [2.45, 2.75) is 37.2 Å². The maximum absolute atomic E-state index is 12.7. The van der Waals surface area contributed by atoms with Gasteiger partial charge in [-0.05, 0) is 44.9 Å². The number of aliphatic imine (C=N–C) groups is 1. The number of carbonyl (C=O) groups excluding carboxylic acids is 1. The van der Waals surface area contributed by atoms with Gasteiger partial charge in [0.05, 0.1) is 4.90 Å². The van der Waals surface area contributed by atoms with Crippen molar-refractivity contribution in [2.75, 3.05) is 13.1 Å². The molecule has 130 valence electrons. The molecule has 3 atom stereocenters. The number of amides is 1. The molecule has 1 aromatic carbocycles. The average Bonchev–Trinajstić information content (AvgIpc) is 3.05. The maximum Gasteiger partial charge on any atom is 0.263 e. The van der Waals surface area contributed by atoms with E-state index in [4.69, 9.17) is 5.73 Å². The van der Waals surface area contributed by atoms with Crippen LogP contribution in [0.1, 0.15) is 25.8 Å². The van der Waals surface area contributed by atoms with E-state index in [2.05, 4.69) is 9.71 Å². The lowest BCUT2D eigenvalue weighted by molar-refractivity contribution is -0.132. The molecule has 8 heteroatoms. The van der Waals surface area contributed by atoms with Crippen LogP contribution in [0, 0.1) is 5.92 Å². The number of carbonyl (C=O) groups is 1. The van der Waals surface area contributed by atoms with E-state index in [0.29, 0.717) is 24.6 Å². The highest BCUT2D eigenvalue weighted by Crippen LogP contribution is 2.25. The molecule has 7 nitrogen and oxygen atoms in total. The number of hydrogen-bond donors (Lipinski definition) is 2. The molecule has 0 aliphatic carbocycles. The van der Waals surface area contributed by atoms with E-state index in [1.807, 2.05) is 6.92 Å². The number of benzene rings is 1. The first-order valence-electron chi connectivity index (χ1n) is 8.04. The molecule has 1 saturated heterocycles. The number of hydrogen-bond acceptors (Lipinski definition) is 5. The predicted molar refractivity (Wildman–Crippen MR) is 91.1 cm³/mol. The van der Waals surface area contributed by atoms with Gasteiger partial charge in [0.1, 0.15) is 11.9 Å². The van der Waals surface area contributed by atoms with Gasteiger partial charge in [-0.15, -0.1) is 0 Å². The molecule has 24 heavy (non-hydrogen) atoms. The molecule has 3 N–H and O–H groups in total. The summed E-state index contributed by atoms with van der Waals surface area (Å²) in [5, 5.41) is 0. The molecule has 1 fully saturated rings. The summed E-state index contributed by atoms with van der Waals surface area (Å²) >= 11 is 0. The molecular weight excluding hydrogens is 328 g/mol. The third kappa shape index (κ3) is 2.91. The quantitative estimate of drug-likeness (QED) is 0.818. The Morgan fingerprint density at radius 2 is 2.17 bits per heavy atom. The van der Waals surface area contributed by atoms with Gasteiger partial charge in [-0.2, -0.15) is 0 Å². The van der Waals surface area contributed by atoms with Gasteiger partial charge in [-0.1, -0.05) is 12.1 Å². The van der Waals surface area contributed by atoms with Crippen LogP contribution in [0.3, 0.4) is 0 Å². The topological polar surface area (TPSA) is 105 Å². The van der Waals surface area contributed by atoms with Crippen molar-refractivity contribution in [1.82, 2.24) is 9.62 Å². The smallest absolute Gasteiger partial charge is 0.263 e. The summed E-state index contributed by atoms with van der Waals surface area (Å²) in [4.78, 5) is 19.0. The first-order valence-corrected chi connectivity index (χ1v) is 9.52. The lowest BCUT2D eigenvalue weighted by Gasteiger charge is -2.23. The van der Waals surface area contributed by atoms with Crippen LogP contribution in [0.4, 0.5) is 0 Å². The summed E-state index contributed by atoms with van der Waals surface area (Å²) in [5.41, 5.74) is 6.21. The van der Waals surface area contributed by atoms with Gasteiger partial charge in [0.25, 0.3) is 10.0 Å². The number of nitrogens with two attached hydrogens (primary N) is 1. The van der Waals surface area contributed by atoms with Crippen LogP contribution in [0.5, 0.6) is 0 Å². The van der Waals surface area contributed by atoms with Crippen LogP contribution in [0.25, 0.3) is 0 Å². The second-order valence-corrected chi connectivity index (χ2v) is 8.08. The molecule has 3 unspecified atom stereocenters. The fourth-order valence-electron chi connectivity index (χ4n) is 3.34. The van der Waals surface area contributed by atoms with Crippen molar-refractivity contribution in [3.63, 3.8) is 0 Å². The molecule has 1 aromatic rings. The largest absolute Gasteiger partial charge is 0.338 e. The van der Waals surface area contributed by atoms with Crippen molar-refractivity contribution in [1.29, 1.82) is 0 Å². The summed E-state index contributed by atoms with van der Waals surface area (Å²) in [6.45, 7) is 4.88. The van der Waals surface area contributed by atoms with Gasteiger partial charge in [0.15, 0.2) is 0 Å². The minimum Gasteiger partial charge on any atom is -0.338 e. The van der Waals surface area contributed by atoms with Crippen LogP contribution in [0.15, 0.2) is 34.2 Å². The van der Waals surface area contributed by atoms with E-state index in [9.17, 15) is 13.2 Å². The monoisotopic (exact) mass is 350 g/mol. The molecule has 2 aliphatic rings. The number of fused-ring (bicyclic) bond motifs is 1. The number of nitrogens with one attached hydrogen (secondary N) is 1. The van der Waals surface area contributed by atoms with Gasteiger partial charge < -0.3 is 10.6 Å². The lowest BCUT2D eigenvalue weighted by Crippen LogP contribution is -2.40. The molecule has 0 bridgehead atoms. The van der Waals surface area contributed by atoms with Crippen LogP contribution in [-0.2, 0) is 14.8 Å². The minimum absolute atomic E-state index is 0.102.